The Kier molecular flexibility index (Phi) is 5.27. The molecule has 0 saturated carbocycles. The summed E-state index contributed by atoms with van der Waals surface area (Å²) >= 11 is 0. The maximum absolute atomic E-state index is 13.0. The largest absolute Gasteiger partial charge is 0.496 e. The average Bonchev–Trinajstić information content (AvgIpc) is 3.32. The summed E-state index contributed by atoms with van der Waals surface area (Å²) in [7, 11) is 1.59. The van der Waals surface area contributed by atoms with E-state index in [1.165, 1.54) is 4.90 Å². The normalized spacial score (nSPS) is 18.5. The number of carbonyl (C=O) groups is 2. The zero-order valence-corrected chi connectivity index (χ0v) is 16.9. The van der Waals surface area contributed by atoms with Gasteiger partial charge in [-0.15, -0.1) is 0 Å². The van der Waals surface area contributed by atoms with Gasteiger partial charge in [0.15, 0.2) is 5.76 Å². The second-order valence-electron chi connectivity index (χ2n) is 7.52. The molecule has 0 bridgehead atoms. The van der Waals surface area contributed by atoms with Crippen molar-refractivity contribution in [3.05, 3.63) is 72.0 Å². The van der Waals surface area contributed by atoms with Gasteiger partial charge in [0.25, 0.3) is 5.91 Å². The summed E-state index contributed by atoms with van der Waals surface area (Å²) in [5, 5.41) is 6.91. The third kappa shape index (κ3) is 3.78. The lowest BCUT2D eigenvalue weighted by Gasteiger charge is -2.21. The Morgan fingerprint density at radius 2 is 1.83 bits per heavy atom. The van der Waals surface area contributed by atoms with Crippen LogP contribution < -0.4 is 10.1 Å². The van der Waals surface area contributed by atoms with Crippen LogP contribution in [0.15, 0.2) is 65.2 Å². The quantitative estimate of drug-likeness (QED) is 0.605. The summed E-state index contributed by atoms with van der Waals surface area (Å²) in [4.78, 5) is 26.7. The number of urea groups is 1. The number of ether oxygens (including phenoxy) is 1. The van der Waals surface area contributed by atoms with E-state index in [1.807, 2.05) is 54.6 Å². The number of hydrogen-bond acceptors (Lipinski definition) is 5. The summed E-state index contributed by atoms with van der Waals surface area (Å²) in [6, 6.07) is 18.6. The highest BCUT2D eigenvalue weighted by Crippen LogP contribution is 2.30. The number of methoxy groups -OCH3 is 1. The fourth-order valence-corrected chi connectivity index (χ4v) is 3.63. The van der Waals surface area contributed by atoms with Gasteiger partial charge in [-0.25, -0.2) is 4.79 Å². The van der Waals surface area contributed by atoms with E-state index < -0.39 is 11.6 Å². The molecule has 7 heteroatoms. The van der Waals surface area contributed by atoms with E-state index in [0.717, 1.165) is 11.1 Å². The maximum Gasteiger partial charge on any atom is 0.325 e. The Hall–Kier alpha value is -3.61. The monoisotopic (exact) mass is 405 g/mol. The van der Waals surface area contributed by atoms with Gasteiger partial charge in [0.2, 0.25) is 0 Å². The molecule has 4 rings (SSSR count). The number of nitrogens with one attached hydrogen (secondary N) is 1. The van der Waals surface area contributed by atoms with Crippen LogP contribution >= 0.6 is 0 Å². The maximum atomic E-state index is 13.0. The molecule has 1 fully saturated rings. The minimum absolute atomic E-state index is 0.0216. The molecule has 0 spiro atoms. The number of carbonyl (C=O) groups excluding carboxylic acids is 2. The zero-order chi connectivity index (χ0) is 21.1. The molecule has 1 aromatic heterocycles. The minimum Gasteiger partial charge on any atom is -0.496 e. The topological polar surface area (TPSA) is 84.7 Å². The van der Waals surface area contributed by atoms with E-state index in [-0.39, 0.29) is 12.5 Å². The zero-order valence-electron chi connectivity index (χ0n) is 16.9. The SMILES string of the molecule is COc1ccccc1-c1cc(CN2C(=O)NC(C)(CCc3ccccc3)C2=O)on1. The highest BCUT2D eigenvalue weighted by molar-refractivity contribution is 6.06. The number of rotatable bonds is 7. The predicted octanol–water partition coefficient (Wildman–Crippen LogP) is 3.79. The van der Waals surface area contributed by atoms with Crippen molar-refractivity contribution in [3.63, 3.8) is 0 Å². The first-order valence-corrected chi connectivity index (χ1v) is 9.77. The van der Waals surface area contributed by atoms with Gasteiger partial charge in [0, 0.05) is 11.6 Å². The van der Waals surface area contributed by atoms with Gasteiger partial charge in [-0.2, -0.15) is 0 Å². The summed E-state index contributed by atoms with van der Waals surface area (Å²) in [5.74, 6) is 0.825. The van der Waals surface area contributed by atoms with Crippen molar-refractivity contribution < 1.29 is 18.8 Å². The lowest BCUT2D eigenvalue weighted by molar-refractivity contribution is -0.131. The molecule has 0 aliphatic carbocycles. The number of benzene rings is 2. The molecular formula is C23H23N3O4. The molecule has 1 saturated heterocycles. The molecule has 0 radical (unpaired) electrons. The first-order valence-electron chi connectivity index (χ1n) is 9.77. The molecule has 2 heterocycles. The van der Waals surface area contributed by atoms with Crippen LogP contribution in [0.1, 0.15) is 24.7 Å². The summed E-state index contributed by atoms with van der Waals surface area (Å²) in [6.07, 6.45) is 1.21. The molecule has 1 unspecified atom stereocenters. The van der Waals surface area contributed by atoms with Crippen molar-refractivity contribution in [2.45, 2.75) is 31.8 Å². The highest BCUT2D eigenvalue weighted by Gasteiger charge is 2.47. The molecule has 1 N–H and O–H groups in total. The molecular weight excluding hydrogens is 382 g/mol. The van der Waals surface area contributed by atoms with Gasteiger partial charge >= 0.3 is 6.03 Å². The molecule has 1 atom stereocenters. The van der Waals surface area contributed by atoms with Crippen molar-refractivity contribution in [2.24, 2.45) is 0 Å². The number of imide groups is 1. The van der Waals surface area contributed by atoms with E-state index in [4.69, 9.17) is 9.26 Å². The molecule has 1 aliphatic heterocycles. The van der Waals surface area contributed by atoms with Crippen molar-refractivity contribution in [1.29, 1.82) is 0 Å². The summed E-state index contributed by atoms with van der Waals surface area (Å²) < 4.78 is 10.8. The summed E-state index contributed by atoms with van der Waals surface area (Å²) in [6.45, 7) is 1.78. The number of aromatic nitrogens is 1. The highest BCUT2D eigenvalue weighted by atomic mass is 16.5. The number of aryl methyl sites for hydroxylation is 1. The molecule has 1 aliphatic rings. The van der Waals surface area contributed by atoms with E-state index in [0.29, 0.717) is 30.0 Å². The third-order valence-corrected chi connectivity index (χ3v) is 5.36. The van der Waals surface area contributed by atoms with Crippen LogP contribution in [0, 0.1) is 0 Å². The van der Waals surface area contributed by atoms with Crippen LogP contribution in [0.25, 0.3) is 11.3 Å². The standard InChI is InChI=1S/C23H23N3O4/c1-23(13-12-16-8-4-3-5-9-16)21(27)26(22(28)24-23)15-17-14-19(25-30-17)18-10-6-7-11-20(18)29-2/h3-11,14H,12-13,15H2,1-2H3,(H,24,28). The molecule has 2 aromatic carbocycles. The van der Waals surface area contributed by atoms with Gasteiger partial charge in [0.1, 0.15) is 17.0 Å². The number of para-hydroxylation sites is 1. The van der Waals surface area contributed by atoms with Gasteiger partial charge in [0.05, 0.1) is 13.7 Å². The van der Waals surface area contributed by atoms with Crippen molar-refractivity contribution >= 4 is 11.9 Å². The lowest BCUT2D eigenvalue weighted by Crippen LogP contribution is -2.44. The van der Waals surface area contributed by atoms with Crippen LogP contribution in [0.3, 0.4) is 0 Å². The van der Waals surface area contributed by atoms with Crippen molar-refractivity contribution in [3.8, 4) is 17.0 Å². The fraction of sp³-hybridized carbons (Fsp3) is 0.261. The minimum atomic E-state index is -0.946. The van der Waals surface area contributed by atoms with Crippen LogP contribution in [-0.2, 0) is 17.8 Å². The van der Waals surface area contributed by atoms with Gasteiger partial charge in [-0.05, 0) is 37.5 Å². The van der Waals surface area contributed by atoms with E-state index >= 15 is 0 Å². The lowest BCUT2D eigenvalue weighted by atomic mass is 9.93. The first-order chi connectivity index (χ1) is 14.5. The average molecular weight is 405 g/mol. The predicted molar refractivity (Wildman–Crippen MR) is 111 cm³/mol. The smallest absolute Gasteiger partial charge is 0.325 e. The van der Waals surface area contributed by atoms with Crippen molar-refractivity contribution in [1.82, 2.24) is 15.4 Å². The van der Waals surface area contributed by atoms with Crippen LogP contribution in [0.5, 0.6) is 5.75 Å². The number of nitrogens with zero attached hydrogens (tertiary/aromatic N) is 2. The van der Waals surface area contributed by atoms with Gasteiger partial charge in [-0.3, -0.25) is 9.69 Å². The number of hydrogen-bond donors (Lipinski definition) is 1. The molecule has 3 amide bonds. The van der Waals surface area contributed by atoms with Gasteiger partial charge < -0.3 is 14.6 Å². The Labute approximate surface area is 174 Å². The van der Waals surface area contributed by atoms with E-state index in [1.54, 1.807) is 20.1 Å². The van der Waals surface area contributed by atoms with Crippen LogP contribution in [0.2, 0.25) is 0 Å². The van der Waals surface area contributed by atoms with E-state index in [9.17, 15) is 9.59 Å². The Bertz CT molecular complexity index is 1060. The second-order valence-corrected chi connectivity index (χ2v) is 7.52. The fourth-order valence-electron chi connectivity index (χ4n) is 3.63. The Morgan fingerprint density at radius 3 is 2.60 bits per heavy atom. The summed E-state index contributed by atoms with van der Waals surface area (Å²) in [5.41, 5.74) is 1.54. The van der Waals surface area contributed by atoms with Crippen molar-refractivity contribution in [2.75, 3.05) is 7.11 Å². The van der Waals surface area contributed by atoms with Gasteiger partial charge in [-0.1, -0.05) is 47.6 Å². The number of amides is 3. The third-order valence-electron chi connectivity index (χ3n) is 5.36. The molecule has 154 valence electrons. The Morgan fingerprint density at radius 1 is 1.10 bits per heavy atom. The van der Waals surface area contributed by atoms with Crippen LogP contribution in [0.4, 0.5) is 4.79 Å². The first kappa shape index (κ1) is 19.7. The molecule has 3 aromatic rings. The molecule has 7 nitrogen and oxygen atoms in total. The van der Waals surface area contributed by atoms with Crippen LogP contribution in [-0.4, -0.2) is 34.6 Å². The Balaban J connectivity index is 1.47. The second kappa shape index (κ2) is 8.02. The molecule has 30 heavy (non-hydrogen) atoms. The van der Waals surface area contributed by atoms with E-state index in [2.05, 4.69) is 10.5 Å².